The van der Waals surface area contributed by atoms with Gasteiger partial charge in [-0.2, -0.15) is 0 Å². The monoisotopic (exact) mass is 352 g/mol. The minimum atomic E-state index is -0.862. The number of carbonyl (C=O) groups excluding carboxylic acids is 2. The van der Waals surface area contributed by atoms with Gasteiger partial charge >= 0.3 is 11.9 Å². The van der Waals surface area contributed by atoms with Crippen LogP contribution in [0.4, 0.5) is 0 Å². The molecule has 1 aliphatic carbocycles. The van der Waals surface area contributed by atoms with Gasteiger partial charge in [0.1, 0.15) is 0 Å². The maximum Gasteiger partial charge on any atom is 0.341 e. The molecule has 0 bridgehead atoms. The normalized spacial score (nSPS) is 14.8. The fourth-order valence-corrected chi connectivity index (χ4v) is 3.34. The molecule has 0 atom stereocenters. The Morgan fingerprint density at radius 3 is 1.69 bits per heavy atom. The summed E-state index contributed by atoms with van der Waals surface area (Å²) in [5, 5.41) is 0. The first-order valence-corrected chi connectivity index (χ1v) is 9.24. The summed E-state index contributed by atoms with van der Waals surface area (Å²) in [5.74, 6) is -0.513. The molecular weight excluding hydrogens is 328 g/mol. The van der Waals surface area contributed by atoms with E-state index in [1.54, 1.807) is 48.5 Å². The molecule has 0 N–H and O–H groups in total. The molecule has 1 aliphatic rings. The topological polar surface area (TPSA) is 52.6 Å². The summed E-state index contributed by atoms with van der Waals surface area (Å²) in [6.07, 6.45) is 5.46. The predicted octanol–water partition coefficient (Wildman–Crippen LogP) is 5.00. The second kappa shape index (κ2) is 9.18. The van der Waals surface area contributed by atoms with Crippen molar-refractivity contribution in [3.8, 4) is 0 Å². The molecule has 0 unspecified atom stereocenters. The highest BCUT2D eigenvalue weighted by Crippen LogP contribution is 2.29. The molecule has 0 amide bonds. The molecule has 1 saturated carbocycles. The van der Waals surface area contributed by atoms with Crippen LogP contribution >= 0.6 is 0 Å². The van der Waals surface area contributed by atoms with Crippen molar-refractivity contribution in [2.24, 2.45) is 5.92 Å². The fourth-order valence-electron chi connectivity index (χ4n) is 3.34. The number of benzene rings is 2. The highest BCUT2D eigenvalue weighted by molar-refractivity contribution is 5.90. The first kappa shape index (κ1) is 18.2. The van der Waals surface area contributed by atoms with Crippen molar-refractivity contribution in [1.82, 2.24) is 0 Å². The third kappa shape index (κ3) is 5.19. The van der Waals surface area contributed by atoms with E-state index in [-0.39, 0.29) is 0 Å². The summed E-state index contributed by atoms with van der Waals surface area (Å²) < 4.78 is 11.1. The Bertz CT molecular complexity index is 652. The van der Waals surface area contributed by atoms with Crippen LogP contribution in [0.25, 0.3) is 0 Å². The molecule has 0 radical (unpaired) electrons. The number of carbonyl (C=O) groups is 2. The highest BCUT2D eigenvalue weighted by Gasteiger charge is 2.26. The molecule has 0 heterocycles. The molecule has 0 aliphatic heterocycles. The number of hydrogen-bond donors (Lipinski definition) is 0. The van der Waals surface area contributed by atoms with Gasteiger partial charge in [-0.25, -0.2) is 9.59 Å². The van der Waals surface area contributed by atoms with Crippen LogP contribution in [0.5, 0.6) is 0 Å². The third-order valence-corrected chi connectivity index (χ3v) is 4.75. The summed E-state index contributed by atoms with van der Waals surface area (Å²) in [6.45, 7) is 0. The van der Waals surface area contributed by atoms with Crippen molar-refractivity contribution >= 4 is 11.9 Å². The van der Waals surface area contributed by atoms with Gasteiger partial charge in [0.2, 0.25) is 6.29 Å². The summed E-state index contributed by atoms with van der Waals surface area (Å²) in [6, 6.07) is 17.6. The second-order valence-corrected chi connectivity index (χ2v) is 6.71. The Balaban J connectivity index is 1.68. The van der Waals surface area contributed by atoms with Crippen molar-refractivity contribution in [3.05, 3.63) is 71.8 Å². The number of rotatable bonds is 6. The van der Waals surface area contributed by atoms with E-state index in [0.717, 1.165) is 12.8 Å². The average molecular weight is 352 g/mol. The van der Waals surface area contributed by atoms with Gasteiger partial charge in [0.25, 0.3) is 0 Å². The zero-order valence-corrected chi connectivity index (χ0v) is 14.8. The Labute approximate surface area is 154 Å². The summed E-state index contributed by atoms with van der Waals surface area (Å²) in [5.41, 5.74) is 0.911. The average Bonchev–Trinajstić information content (AvgIpc) is 2.70. The lowest BCUT2D eigenvalue weighted by atomic mass is 9.87. The van der Waals surface area contributed by atoms with Crippen molar-refractivity contribution in [1.29, 1.82) is 0 Å². The van der Waals surface area contributed by atoms with Crippen LogP contribution in [-0.4, -0.2) is 18.2 Å². The molecule has 136 valence electrons. The van der Waals surface area contributed by atoms with Crippen LogP contribution in [0.2, 0.25) is 0 Å². The van der Waals surface area contributed by atoms with E-state index in [4.69, 9.17) is 9.47 Å². The van der Waals surface area contributed by atoms with Gasteiger partial charge < -0.3 is 9.47 Å². The SMILES string of the molecule is O=C(OC(CC1CCCCC1)OC(=O)c1ccccc1)c1ccccc1. The fraction of sp³-hybridized carbons (Fsp3) is 0.364. The number of ether oxygens (including phenoxy) is 2. The van der Waals surface area contributed by atoms with E-state index in [2.05, 4.69) is 0 Å². The maximum atomic E-state index is 12.4. The molecule has 0 spiro atoms. The zero-order chi connectivity index (χ0) is 18.2. The van der Waals surface area contributed by atoms with Crippen molar-refractivity contribution in [2.75, 3.05) is 0 Å². The molecule has 2 aromatic rings. The quantitative estimate of drug-likeness (QED) is 0.542. The smallest absolute Gasteiger partial charge is 0.341 e. The van der Waals surface area contributed by atoms with Gasteiger partial charge in [0, 0.05) is 6.42 Å². The van der Waals surface area contributed by atoms with Crippen LogP contribution < -0.4 is 0 Å². The van der Waals surface area contributed by atoms with E-state index in [1.807, 2.05) is 12.1 Å². The van der Waals surface area contributed by atoms with E-state index in [1.165, 1.54) is 19.3 Å². The Hall–Kier alpha value is -2.62. The molecule has 0 aromatic heterocycles. The zero-order valence-electron chi connectivity index (χ0n) is 14.8. The van der Waals surface area contributed by atoms with Gasteiger partial charge in [-0.15, -0.1) is 0 Å². The summed E-state index contributed by atoms with van der Waals surface area (Å²) in [4.78, 5) is 24.8. The standard InChI is InChI=1S/C22H24O4/c23-21(18-12-6-2-7-13-18)25-20(16-17-10-4-1-5-11-17)26-22(24)19-14-8-3-9-15-19/h2-3,6-9,12-15,17,20H,1,4-5,10-11,16H2. The lowest BCUT2D eigenvalue weighted by Gasteiger charge is -2.26. The first-order valence-electron chi connectivity index (χ1n) is 9.24. The second-order valence-electron chi connectivity index (χ2n) is 6.71. The van der Waals surface area contributed by atoms with Gasteiger partial charge in [0.05, 0.1) is 11.1 Å². The van der Waals surface area contributed by atoms with E-state index >= 15 is 0 Å². The predicted molar refractivity (Wildman–Crippen MR) is 98.7 cm³/mol. The third-order valence-electron chi connectivity index (χ3n) is 4.75. The lowest BCUT2D eigenvalue weighted by molar-refractivity contribution is -0.0911. The van der Waals surface area contributed by atoms with E-state index in [9.17, 15) is 9.59 Å². The van der Waals surface area contributed by atoms with E-state index < -0.39 is 18.2 Å². The van der Waals surface area contributed by atoms with Gasteiger partial charge in [-0.1, -0.05) is 68.5 Å². The molecule has 0 saturated heterocycles. The van der Waals surface area contributed by atoms with Gasteiger partial charge in [-0.3, -0.25) is 0 Å². The van der Waals surface area contributed by atoms with Crippen LogP contribution in [-0.2, 0) is 9.47 Å². The van der Waals surface area contributed by atoms with Crippen molar-refractivity contribution in [3.63, 3.8) is 0 Å². The molecule has 2 aromatic carbocycles. The Kier molecular flexibility index (Phi) is 6.42. The number of esters is 2. The Morgan fingerprint density at radius 2 is 1.23 bits per heavy atom. The van der Waals surface area contributed by atoms with Gasteiger partial charge in [0.15, 0.2) is 0 Å². The van der Waals surface area contributed by atoms with E-state index in [0.29, 0.717) is 23.5 Å². The molecule has 1 fully saturated rings. The first-order chi connectivity index (χ1) is 12.7. The largest absolute Gasteiger partial charge is 0.422 e. The van der Waals surface area contributed by atoms with Crippen molar-refractivity contribution in [2.45, 2.75) is 44.8 Å². The molecular formula is C22H24O4. The van der Waals surface area contributed by atoms with Crippen molar-refractivity contribution < 1.29 is 19.1 Å². The highest BCUT2D eigenvalue weighted by atomic mass is 16.7. The summed E-state index contributed by atoms with van der Waals surface area (Å²) in [7, 11) is 0. The minimum Gasteiger partial charge on any atom is -0.422 e. The lowest BCUT2D eigenvalue weighted by Crippen LogP contribution is -2.28. The van der Waals surface area contributed by atoms with Crippen LogP contribution in [0.1, 0.15) is 59.2 Å². The molecule has 4 nitrogen and oxygen atoms in total. The molecule has 4 heteroatoms. The number of hydrogen-bond acceptors (Lipinski definition) is 4. The van der Waals surface area contributed by atoms with Gasteiger partial charge in [-0.05, 0) is 30.2 Å². The Morgan fingerprint density at radius 1 is 0.769 bits per heavy atom. The van der Waals surface area contributed by atoms with Crippen LogP contribution in [0.3, 0.4) is 0 Å². The maximum absolute atomic E-state index is 12.4. The summed E-state index contributed by atoms with van der Waals surface area (Å²) >= 11 is 0. The van der Waals surface area contributed by atoms with Crippen LogP contribution in [0.15, 0.2) is 60.7 Å². The van der Waals surface area contributed by atoms with Crippen LogP contribution in [0, 0.1) is 5.92 Å². The minimum absolute atomic E-state index is 0.417. The molecule has 26 heavy (non-hydrogen) atoms. The molecule has 3 rings (SSSR count).